The summed E-state index contributed by atoms with van der Waals surface area (Å²) >= 11 is 0. The molecular formula is C12H10N2O2. The van der Waals surface area contributed by atoms with Gasteiger partial charge in [0.25, 0.3) is 0 Å². The Kier molecular flexibility index (Phi) is 3.13. The average molecular weight is 214 g/mol. The molecule has 0 radical (unpaired) electrons. The van der Waals surface area contributed by atoms with Crippen molar-refractivity contribution in [1.29, 1.82) is 0 Å². The van der Waals surface area contributed by atoms with Gasteiger partial charge in [-0.1, -0.05) is 12.1 Å². The molecule has 0 saturated heterocycles. The molecule has 0 atom stereocenters. The number of phenolic OH excluding ortho intramolecular Hbond substituents is 1. The SMILES string of the molecule is Oc1cccc(C=N/N=C/c2ccco2)c1. The van der Waals surface area contributed by atoms with Gasteiger partial charge in [-0.25, -0.2) is 0 Å². The lowest BCUT2D eigenvalue weighted by Gasteiger charge is -1.91. The largest absolute Gasteiger partial charge is 0.508 e. The summed E-state index contributed by atoms with van der Waals surface area (Å²) in [6.45, 7) is 0. The Morgan fingerprint density at radius 2 is 1.94 bits per heavy atom. The third-order valence-corrected chi connectivity index (χ3v) is 1.87. The van der Waals surface area contributed by atoms with E-state index in [0.717, 1.165) is 5.56 Å². The Bertz CT molecular complexity index is 501. The molecule has 4 heteroatoms. The summed E-state index contributed by atoms with van der Waals surface area (Å²) in [6, 6.07) is 10.3. The van der Waals surface area contributed by atoms with E-state index in [0.29, 0.717) is 5.76 Å². The number of nitrogens with zero attached hydrogens (tertiary/aromatic N) is 2. The van der Waals surface area contributed by atoms with Gasteiger partial charge in [-0.2, -0.15) is 10.2 Å². The van der Waals surface area contributed by atoms with E-state index >= 15 is 0 Å². The van der Waals surface area contributed by atoms with Crippen LogP contribution in [0.1, 0.15) is 11.3 Å². The Morgan fingerprint density at radius 1 is 1.06 bits per heavy atom. The fourth-order valence-corrected chi connectivity index (χ4v) is 1.16. The molecule has 1 heterocycles. The maximum atomic E-state index is 9.20. The van der Waals surface area contributed by atoms with Gasteiger partial charge in [-0.3, -0.25) is 0 Å². The average Bonchev–Trinajstić information content (AvgIpc) is 2.77. The van der Waals surface area contributed by atoms with Gasteiger partial charge in [0.15, 0.2) is 0 Å². The van der Waals surface area contributed by atoms with Crippen LogP contribution in [0.15, 0.2) is 57.3 Å². The van der Waals surface area contributed by atoms with Crippen molar-refractivity contribution in [2.45, 2.75) is 0 Å². The van der Waals surface area contributed by atoms with E-state index in [1.165, 1.54) is 6.21 Å². The molecule has 0 bridgehead atoms. The van der Waals surface area contributed by atoms with Crippen molar-refractivity contribution >= 4 is 12.4 Å². The number of benzene rings is 1. The van der Waals surface area contributed by atoms with E-state index < -0.39 is 0 Å². The minimum atomic E-state index is 0.207. The van der Waals surface area contributed by atoms with Crippen LogP contribution in [-0.2, 0) is 0 Å². The van der Waals surface area contributed by atoms with Gasteiger partial charge in [0.2, 0.25) is 0 Å². The molecule has 0 amide bonds. The molecule has 0 unspecified atom stereocenters. The van der Waals surface area contributed by atoms with Crippen LogP contribution in [0, 0.1) is 0 Å². The van der Waals surface area contributed by atoms with Crippen molar-refractivity contribution in [3.05, 3.63) is 54.0 Å². The lowest BCUT2D eigenvalue weighted by Crippen LogP contribution is -1.79. The lowest BCUT2D eigenvalue weighted by molar-refractivity contribution is 0.475. The van der Waals surface area contributed by atoms with Gasteiger partial charge >= 0.3 is 0 Å². The number of aromatic hydroxyl groups is 1. The summed E-state index contributed by atoms with van der Waals surface area (Å²) < 4.78 is 5.04. The van der Waals surface area contributed by atoms with Crippen LogP contribution in [0.3, 0.4) is 0 Å². The normalized spacial score (nSPS) is 11.5. The minimum Gasteiger partial charge on any atom is -0.508 e. The molecule has 0 aliphatic heterocycles. The smallest absolute Gasteiger partial charge is 0.146 e. The van der Waals surface area contributed by atoms with Gasteiger partial charge in [0, 0.05) is 0 Å². The van der Waals surface area contributed by atoms with Crippen LogP contribution >= 0.6 is 0 Å². The fraction of sp³-hybridized carbons (Fsp3) is 0. The third kappa shape index (κ3) is 2.81. The van der Waals surface area contributed by atoms with Gasteiger partial charge in [0.1, 0.15) is 11.5 Å². The fourth-order valence-electron chi connectivity index (χ4n) is 1.16. The first kappa shape index (κ1) is 10.2. The molecule has 16 heavy (non-hydrogen) atoms. The summed E-state index contributed by atoms with van der Waals surface area (Å²) in [7, 11) is 0. The molecule has 0 saturated carbocycles. The zero-order valence-corrected chi connectivity index (χ0v) is 8.45. The van der Waals surface area contributed by atoms with Crippen LogP contribution in [0.2, 0.25) is 0 Å². The zero-order chi connectivity index (χ0) is 11.2. The molecule has 0 fully saturated rings. The monoisotopic (exact) mass is 214 g/mol. The molecule has 1 aromatic carbocycles. The predicted octanol–water partition coefficient (Wildman–Crippen LogP) is 2.44. The summed E-state index contributed by atoms with van der Waals surface area (Å²) in [5, 5.41) is 16.8. The van der Waals surface area contributed by atoms with Crippen molar-refractivity contribution in [1.82, 2.24) is 0 Å². The highest BCUT2D eigenvalue weighted by atomic mass is 16.3. The first-order valence-corrected chi connectivity index (χ1v) is 4.73. The summed E-state index contributed by atoms with van der Waals surface area (Å²) in [5.41, 5.74) is 0.789. The molecular weight excluding hydrogens is 204 g/mol. The second kappa shape index (κ2) is 4.93. The van der Waals surface area contributed by atoms with Gasteiger partial charge in [-0.15, -0.1) is 0 Å². The Morgan fingerprint density at radius 3 is 2.69 bits per heavy atom. The van der Waals surface area contributed by atoms with Crippen LogP contribution in [0.25, 0.3) is 0 Å². The van der Waals surface area contributed by atoms with Crippen molar-refractivity contribution < 1.29 is 9.52 Å². The number of hydrogen-bond acceptors (Lipinski definition) is 4. The van der Waals surface area contributed by atoms with Crippen LogP contribution in [0.4, 0.5) is 0 Å². The van der Waals surface area contributed by atoms with Crippen LogP contribution in [-0.4, -0.2) is 17.5 Å². The second-order valence-corrected chi connectivity index (χ2v) is 3.10. The Hall–Kier alpha value is -2.36. The van der Waals surface area contributed by atoms with Gasteiger partial charge < -0.3 is 9.52 Å². The maximum absolute atomic E-state index is 9.20. The summed E-state index contributed by atoms with van der Waals surface area (Å²) in [4.78, 5) is 0. The molecule has 80 valence electrons. The molecule has 0 aliphatic carbocycles. The van der Waals surface area contributed by atoms with E-state index in [-0.39, 0.29) is 5.75 Å². The van der Waals surface area contributed by atoms with E-state index in [9.17, 15) is 5.11 Å². The van der Waals surface area contributed by atoms with Gasteiger partial charge in [-0.05, 0) is 29.8 Å². The number of hydrogen-bond donors (Lipinski definition) is 1. The van der Waals surface area contributed by atoms with E-state index in [1.54, 1.807) is 42.8 Å². The third-order valence-electron chi connectivity index (χ3n) is 1.87. The molecule has 1 N–H and O–H groups in total. The van der Waals surface area contributed by atoms with E-state index in [4.69, 9.17) is 4.42 Å². The van der Waals surface area contributed by atoms with E-state index in [2.05, 4.69) is 10.2 Å². The quantitative estimate of drug-likeness (QED) is 0.630. The minimum absolute atomic E-state index is 0.207. The second-order valence-electron chi connectivity index (χ2n) is 3.10. The van der Waals surface area contributed by atoms with Crippen LogP contribution < -0.4 is 0 Å². The number of phenols is 1. The highest BCUT2D eigenvalue weighted by Crippen LogP contribution is 2.08. The summed E-state index contributed by atoms with van der Waals surface area (Å²) in [5.74, 6) is 0.854. The first-order valence-electron chi connectivity index (χ1n) is 4.73. The molecule has 4 nitrogen and oxygen atoms in total. The van der Waals surface area contributed by atoms with Crippen molar-refractivity contribution in [2.24, 2.45) is 10.2 Å². The van der Waals surface area contributed by atoms with Crippen LogP contribution in [0.5, 0.6) is 5.75 Å². The molecule has 2 rings (SSSR count). The number of furan rings is 1. The van der Waals surface area contributed by atoms with E-state index in [1.807, 2.05) is 6.07 Å². The van der Waals surface area contributed by atoms with Crippen molar-refractivity contribution in [2.75, 3.05) is 0 Å². The lowest BCUT2D eigenvalue weighted by atomic mass is 10.2. The molecule has 0 spiro atoms. The number of rotatable bonds is 3. The Balaban J connectivity index is 2.00. The molecule has 0 aliphatic rings. The molecule has 1 aromatic heterocycles. The topological polar surface area (TPSA) is 58.1 Å². The van der Waals surface area contributed by atoms with Gasteiger partial charge in [0.05, 0.1) is 18.7 Å². The first-order chi connectivity index (χ1) is 7.84. The molecule has 2 aromatic rings. The zero-order valence-electron chi connectivity index (χ0n) is 8.45. The highest BCUT2D eigenvalue weighted by molar-refractivity contribution is 5.81. The summed E-state index contributed by atoms with van der Waals surface area (Å²) in [6.07, 6.45) is 4.64. The maximum Gasteiger partial charge on any atom is 0.146 e. The Labute approximate surface area is 92.6 Å². The predicted molar refractivity (Wildman–Crippen MR) is 62.0 cm³/mol. The standard InChI is InChI=1S/C12H10N2O2/c15-11-4-1-3-10(7-11)8-13-14-9-12-5-2-6-16-12/h1-9,15H/b13-8?,14-9+. The van der Waals surface area contributed by atoms with Crippen molar-refractivity contribution in [3.8, 4) is 5.75 Å². The van der Waals surface area contributed by atoms with Crippen molar-refractivity contribution in [3.63, 3.8) is 0 Å². The highest BCUT2D eigenvalue weighted by Gasteiger charge is 1.89.